The largest absolute Gasteiger partial charge is 0.378 e. The highest BCUT2D eigenvalue weighted by molar-refractivity contribution is 4.83. The average Bonchev–Trinajstić information content (AvgIpc) is 2.67. The van der Waals surface area contributed by atoms with Crippen LogP contribution >= 0.6 is 0 Å². The van der Waals surface area contributed by atoms with Gasteiger partial charge >= 0.3 is 0 Å². The predicted octanol–water partition coefficient (Wildman–Crippen LogP) is 6.77. The highest BCUT2D eigenvalue weighted by Crippen LogP contribution is 2.42. The summed E-state index contributed by atoms with van der Waals surface area (Å²) in [5.74, 6) is 5.00. The Kier molecular flexibility index (Phi) is 10.1. The summed E-state index contributed by atoms with van der Waals surface area (Å²) in [6.07, 6.45) is 16.0. The van der Waals surface area contributed by atoms with E-state index in [1.54, 1.807) is 0 Å². The zero-order valence-electron chi connectivity index (χ0n) is 19.1. The van der Waals surface area contributed by atoms with Gasteiger partial charge in [0.25, 0.3) is 0 Å². The van der Waals surface area contributed by atoms with Crippen molar-refractivity contribution in [3.63, 3.8) is 0 Å². The van der Waals surface area contributed by atoms with Crippen molar-refractivity contribution in [2.45, 2.75) is 124 Å². The second kappa shape index (κ2) is 11.8. The fourth-order valence-corrected chi connectivity index (χ4v) is 5.85. The second-order valence-electron chi connectivity index (χ2n) is 10.5. The Morgan fingerprint density at radius 3 is 1.93 bits per heavy atom. The Morgan fingerprint density at radius 1 is 0.852 bits per heavy atom. The molecule has 2 fully saturated rings. The topological polar surface area (TPSA) is 32.3 Å². The second-order valence-corrected chi connectivity index (χ2v) is 10.5. The minimum Gasteiger partial charge on any atom is -0.378 e. The van der Waals surface area contributed by atoms with E-state index >= 15 is 0 Å². The van der Waals surface area contributed by atoms with Crippen LogP contribution in [0.15, 0.2) is 0 Å². The lowest BCUT2D eigenvalue weighted by Gasteiger charge is -2.38. The highest BCUT2D eigenvalue weighted by Gasteiger charge is 2.30. The van der Waals surface area contributed by atoms with Gasteiger partial charge < -0.3 is 5.11 Å². The van der Waals surface area contributed by atoms with Gasteiger partial charge in [-0.25, -0.2) is 0 Å². The first-order chi connectivity index (χ1) is 12.9. The molecule has 2 heteroatoms. The van der Waals surface area contributed by atoms with E-state index in [1.807, 2.05) is 0 Å². The van der Waals surface area contributed by atoms with Crippen molar-refractivity contribution in [2.24, 2.45) is 35.5 Å². The fraction of sp³-hybridized carbons (Fsp3) is 1.00. The SMILES string of the molecule is CCC(C)C[C@@H](CC)C(O)NC(C)CC1CCC(C2CCC(C)CC2)CC1. The minimum atomic E-state index is -0.334. The molecule has 0 heterocycles. The maximum absolute atomic E-state index is 10.7. The van der Waals surface area contributed by atoms with Gasteiger partial charge in [0.05, 0.1) is 0 Å². The molecule has 4 atom stereocenters. The molecule has 0 aromatic carbocycles. The molecule has 2 rings (SSSR count). The third kappa shape index (κ3) is 7.69. The molecule has 3 unspecified atom stereocenters. The Hall–Kier alpha value is -0.0800. The molecule has 2 N–H and O–H groups in total. The van der Waals surface area contributed by atoms with E-state index in [0.29, 0.717) is 17.9 Å². The maximum Gasteiger partial charge on any atom is 0.107 e. The lowest BCUT2D eigenvalue weighted by molar-refractivity contribution is 0.0460. The first-order valence-electron chi connectivity index (χ1n) is 12.4. The molecule has 0 bridgehead atoms. The van der Waals surface area contributed by atoms with Crippen LogP contribution in [0.5, 0.6) is 0 Å². The molecule has 0 spiro atoms. The Bertz CT molecular complexity index is 382. The van der Waals surface area contributed by atoms with E-state index in [0.717, 1.165) is 36.5 Å². The molecule has 0 radical (unpaired) electrons. The van der Waals surface area contributed by atoms with Crippen LogP contribution in [0.4, 0.5) is 0 Å². The molecule has 27 heavy (non-hydrogen) atoms. The third-order valence-corrected chi connectivity index (χ3v) is 8.13. The first kappa shape index (κ1) is 23.2. The minimum absolute atomic E-state index is 0.334. The molecule has 0 aliphatic heterocycles. The Labute approximate surface area is 170 Å². The smallest absolute Gasteiger partial charge is 0.107 e. The summed E-state index contributed by atoms with van der Waals surface area (Å²) in [6, 6.07) is 0.433. The third-order valence-electron chi connectivity index (χ3n) is 8.13. The van der Waals surface area contributed by atoms with Crippen molar-refractivity contribution < 1.29 is 5.11 Å². The summed E-state index contributed by atoms with van der Waals surface area (Å²) in [6.45, 7) is 11.5. The van der Waals surface area contributed by atoms with Gasteiger partial charge in [-0.1, -0.05) is 59.8 Å². The van der Waals surface area contributed by atoms with Crippen molar-refractivity contribution in [3.8, 4) is 0 Å². The summed E-state index contributed by atoms with van der Waals surface area (Å²) >= 11 is 0. The van der Waals surface area contributed by atoms with Gasteiger partial charge in [0.2, 0.25) is 0 Å². The van der Waals surface area contributed by atoms with Crippen LogP contribution in [0.2, 0.25) is 0 Å². The van der Waals surface area contributed by atoms with Crippen molar-refractivity contribution in [2.75, 3.05) is 0 Å². The van der Waals surface area contributed by atoms with E-state index in [4.69, 9.17) is 0 Å². The molecule has 0 aromatic rings. The molecular weight excluding hydrogens is 330 g/mol. The predicted molar refractivity (Wildman–Crippen MR) is 118 cm³/mol. The van der Waals surface area contributed by atoms with Gasteiger partial charge in [-0.15, -0.1) is 0 Å². The van der Waals surface area contributed by atoms with Crippen molar-refractivity contribution in [3.05, 3.63) is 0 Å². The van der Waals surface area contributed by atoms with Gasteiger partial charge in [0, 0.05) is 6.04 Å². The first-order valence-corrected chi connectivity index (χ1v) is 12.4. The Morgan fingerprint density at radius 2 is 1.41 bits per heavy atom. The van der Waals surface area contributed by atoms with Gasteiger partial charge in [0.1, 0.15) is 6.23 Å². The number of rotatable bonds is 10. The molecule has 0 saturated heterocycles. The molecule has 2 aliphatic carbocycles. The highest BCUT2D eigenvalue weighted by atomic mass is 16.3. The van der Waals surface area contributed by atoms with Crippen LogP contribution in [-0.2, 0) is 0 Å². The van der Waals surface area contributed by atoms with E-state index in [1.165, 1.54) is 64.2 Å². The summed E-state index contributed by atoms with van der Waals surface area (Å²) in [4.78, 5) is 0. The molecular formula is C25H49NO. The molecule has 0 aromatic heterocycles. The van der Waals surface area contributed by atoms with Crippen molar-refractivity contribution >= 4 is 0 Å². The lowest BCUT2D eigenvalue weighted by atomic mass is 9.69. The number of hydrogen-bond acceptors (Lipinski definition) is 2. The summed E-state index contributed by atoms with van der Waals surface area (Å²) in [7, 11) is 0. The monoisotopic (exact) mass is 379 g/mol. The van der Waals surface area contributed by atoms with Crippen LogP contribution in [0, 0.1) is 35.5 Å². The normalized spacial score (nSPS) is 34.0. The quantitative estimate of drug-likeness (QED) is 0.411. The van der Waals surface area contributed by atoms with Crippen LogP contribution in [-0.4, -0.2) is 17.4 Å². The van der Waals surface area contributed by atoms with Crippen LogP contribution < -0.4 is 5.32 Å². The fourth-order valence-electron chi connectivity index (χ4n) is 5.85. The zero-order chi connectivity index (χ0) is 19.8. The van der Waals surface area contributed by atoms with Gasteiger partial charge in [-0.3, -0.25) is 5.32 Å². The van der Waals surface area contributed by atoms with Crippen molar-refractivity contribution in [1.29, 1.82) is 0 Å². The van der Waals surface area contributed by atoms with E-state index in [9.17, 15) is 5.11 Å². The zero-order valence-corrected chi connectivity index (χ0v) is 19.1. The van der Waals surface area contributed by atoms with Crippen LogP contribution in [0.25, 0.3) is 0 Å². The van der Waals surface area contributed by atoms with Crippen molar-refractivity contribution in [1.82, 2.24) is 5.32 Å². The molecule has 2 aliphatic rings. The Balaban J connectivity index is 1.68. The van der Waals surface area contributed by atoms with Gasteiger partial charge in [-0.2, -0.15) is 0 Å². The van der Waals surface area contributed by atoms with E-state index in [2.05, 4.69) is 39.9 Å². The van der Waals surface area contributed by atoms with E-state index in [-0.39, 0.29) is 6.23 Å². The van der Waals surface area contributed by atoms with Crippen LogP contribution in [0.1, 0.15) is 112 Å². The average molecular weight is 380 g/mol. The lowest BCUT2D eigenvalue weighted by Crippen LogP contribution is -2.43. The standard InChI is InChI=1S/C25H49NO/c1-6-18(3)16-22(7-2)25(27)26-20(5)17-21-10-14-24(15-11-21)23-12-8-19(4)9-13-23/h18-27H,6-17H2,1-5H3/t18?,19?,20?,21?,22-,23?,24?,25?/m1/s1. The summed E-state index contributed by atoms with van der Waals surface area (Å²) in [5, 5.41) is 14.2. The number of nitrogens with one attached hydrogen (secondary N) is 1. The number of aliphatic hydroxyl groups excluding tert-OH is 1. The maximum atomic E-state index is 10.7. The van der Waals surface area contributed by atoms with Crippen LogP contribution in [0.3, 0.4) is 0 Å². The summed E-state index contributed by atoms with van der Waals surface area (Å²) in [5.41, 5.74) is 0. The molecule has 0 amide bonds. The number of aliphatic hydroxyl groups is 1. The summed E-state index contributed by atoms with van der Waals surface area (Å²) < 4.78 is 0. The molecule has 2 nitrogen and oxygen atoms in total. The molecule has 160 valence electrons. The molecule has 2 saturated carbocycles. The van der Waals surface area contributed by atoms with Gasteiger partial charge in [-0.05, 0) is 87.4 Å². The number of hydrogen-bond donors (Lipinski definition) is 2. The van der Waals surface area contributed by atoms with Gasteiger partial charge in [0.15, 0.2) is 0 Å². The van der Waals surface area contributed by atoms with E-state index < -0.39 is 0 Å².